The van der Waals surface area contributed by atoms with Crippen molar-refractivity contribution in [3.05, 3.63) is 0 Å². The predicted octanol–water partition coefficient (Wildman–Crippen LogP) is 2.95. The molecule has 4 bridgehead atoms. The minimum absolute atomic E-state index is 0.444. The van der Waals surface area contributed by atoms with Gasteiger partial charge in [-0.15, -0.1) is 0 Å². The summed E-state index contributed by atoms with van der Waals surface area (Å²) >= 11 is 0. The van der Waals surface area contributed by atoms with Crippen molar-refractivity contribution in [2.24, 2.45) is 17.8 Å². The van der Waals surface area contributed by atoms with E-state index in [1.165, 1.54) is 0 Å². The van der Waals surface area contributed by atoms with Crippen LogP contribution in [0.5, 0.6) is 0 Å². The van der Waals surface area contributed by atoms with Gasteiger partial charge in [-0.3, -0.25) is 4.79 Å². The molecule has 0 aromatic heterocycles. The fraction of sp³-hybridized carbons (Fsp3) is 0.929. The van der Waals surface area contributed by atoms with Gasteiger partial charge in [0.15, 0.2) is 0 Å². The Kier molecular flexibility index (Phi) is 3.28. The van der Waals surface area contributed by atoms with Gasteiger partial charge in [-0.25, -0.2) is 0 Å². The minimum atomic E-state index is -5.38. The van der Waals surface area contributed by atoms with Gasteiger partial charge in [0.1, 0.15) is 0 Å². The van der Waals surface area contributed by atoms with Crippen molar-refractivity contribution < 1.29 is 27.1 Å². The van der Waals surface area contributed by atoms with Crippen LogP contribution in [0.1, 0.15) is 38.5 Å². The summed E-state index contributed by atoms with van der Waals surface area (Å²) in [5.74, 6) is -4.65. The van der Waals surface area contributed by atoms with Crippen LogP contribution in [0, 0.1) is 17.8 Å². The number of carbonyl (C=O) groups is 1. The van der Waals surface area contributed by atoms with Gasteiger partial charge in [0.05, 0.1) is 0 Å². The molecule has 0 aromatic rings. The predicted molar refractivity (Wildman–Crippen MR) is 65.9 cm³/mol. The monoisotopic (exact) mass is 309 g/mol. The number of ether oxygens (including phenoxy) is 1. The standard InChI is InChI=1S/C14H19F4NO2/c1-21-13(15,14(16,17)18)11(20)19-12-5-8-2-9(6-12)4-10(3-8)7-12/h8-10H,2-7H2,1H3,(H,19,20)/t8?,9?,10?,12?,13-/m0/s1. The van der Waals surface area contributed by atoms with Gasteiger partial charge in [-0.05, 0) is 56.3 Å². The average Bonchev–Trinajstić information content (AvgIpc) is 2.33. The van der Waals surface area contributed by atoms with Crippen LogP contribution < -0.4 is 5.32 Å². The van der Waals surface area contributed by atoms with Gasteiger partial charge in [-0.1, -0.05) is 0 Å². The third-order valence-electron chi connectivity index (χ3n) is 5.35. The van der Waals surface area contributed by atoms with Crippen molar-refractivity contribution in [2.75, 3.05) is 7.11 Å². The summed E-state index contributed by atoms with van der Waals surface area (Å²) in [5.41, 5.74) is -0.674. The van der Waals surface area contributed by atoms with Crippen LogP contribution in [0.2, 0.25) is 0 Å². The molecule has 4 rings (SSSR count). The molecule has 1 amide bonds. The first kappa shape index (κ1) is 15.1. The second-order valence-electron chi connectivity index (χ2n) is 6.95. The fourth-order valence-corrected chi connectivity index (χ4v) is 4.92. The maximum atomic E-state index is 13.9. The molecule has 0 unspecified atom stereocenters. The van der Waals surface area contributed by atoms with E-state index in [0.717, 1.165) is 19.3 Å². The number of alkyl halides is 4. The van der Waals surface area contributed by atoms with E-state index in [9.17, 15) is 22.4 Å². The van der Waals surface area contributed by atoms with E-state index < -0.39 is 23.5 Å². The maximum absolute atomic E-state index is 13.9. The molecule has 0 aliphatic heterocycles. The Morgan fingerprint density at radius 3 is 1.81 bits per heavy atom. The van der Waals surface area contributed by atoms with Crippen LogP contribution in [0.15, 0.2) is 0 Å². The van der Waals surface area contributed by atoms with Gasteiger partial charge >= 0.3 is 12.0 Å². The lowest BCUT2D eigenvalue weighted by Gasteiger charge is -2.57. The Morgan fingerprint density at radius 2 is 1.48 bits per heavy atom. The minimum Gasteiger partial charge on any atom is -0.345 e. The highest BCUT2D eigenvalue weighted by Crippen LogP contribution is 2.55. The first-order chi connectivity index (χ1) is 9.67. The van der Waals surface area contributed by atoms with Crippen LogP contribution in [-0.2, 0) is 9.53 Å². The molecule has 0 spiro atoms. The number of hydrogen-bond acceptors (Lipinski definition) is 2. The third kappa shape index (κ3) is 2.33. The molecule has 0 saturated heterocycles. The van der Waals surface area contributed by atoms with Crippen molar-refractivity contribution in [3.63, 3.8) is 0 Å². The first-order valence-electron chi connectivity index (χ1n) is 7.31. The number of carbonyl (C=O) groups excluding carboxylic acids is 1. The molecular weight excluding hydrogens is 290 g/mol. The van der Waals surface area contributed by atoms with Gasteiger partial charge in [-0.2, -0.15) is 17.6 Å². The normalized spacial score (nSPS) is 40.9. The Balaban J connectivity index is 1.78. The number of hydrogen-bond donors (Lipinski definition) is 1. The Labute approximate surface area is 120 Å². The number of rotatable bonds is 3. The molecular formula is C14H19F4NO2. The van der Waals surface area contributed by atoms with Crippen LogP contribution in [0.25, 0.3) is 0 Å². The summed E-state index contributed by atoms with van der Waals surface area (Å²) in [4.78, 5) is 11.9. The van der Waals surface area contributed by atoms with Gasteiger partial charge in [0.2, 0.25) is 0 Å². The quantitative estimate of drug-likeness (QED) is 0.814. The molecule has 3 nitrogen and oxygen atoms in total. The smallest absolute Gasteiger partial charge is 0.345 e. The molecule has 4 fully saturated rings. The zero-order valence-corrected chi connectivity index (χ0v) is 11.8. The molecule has 4 saturated carbocycles. The lowest BCUT2D eigenvalue weighted by Crippen LogP contribution is -2.65. The molecule has 7 heteroatoms. The van der Waals surface area contributed by atoms with E-state index >= 15 is 0 Å². The lowest BCUT2D eigenvalue weighted by atomic mass is 9.53. The second-order valence-corrected chi connectivity index (χ2v) is 6.95. The molecule has 0 aromatic carbocycles. The number of nitrogens with one attached hydrogen (secondary N) is 1. The zero-order chi connectivity index (χ0) is 15.5. The van der Waals surface area contributed by atoms with Crippen molar-refractivity contribution in [3.8, 4) is 0 Å². The number of amides is 1. The summed E-state index contributed by atoms with van der Waals surface area (Å²) in [7, 11) is 0.562. The summed E-state index contributed by atoms with van der Waals surface area (Å²) in [6.45, 7) is 0. The molecule has 120 valence electrons. The lowest BCUT2D eigenvalue weighted by molar-refractivity contribution is -0.308. The maximum Gasteiger partial charge on any atom is 0.458 e. The van der Waals surface area contributed by atoms with E-state index in [1.54, 1.807) is 0 Å². The fourth-order valence-electron chi connectivity index (χ4n) is 4.92. The van der Waals surface area contributed by atoms with Crippen molar-refractivity contribution in [1.82, 2.24) is 5.32 Å². The summed E-state index contributed by atoms with van der Waals surface area (Å²) in [6, 6.07) is 0. The largest absolute Gasteiger partial charge is 0.458 e. The Morgan fingerprint density at radius 1 is 1.05 bits per heavy atom. The third-order valence-corrected chi connectivity index (χ3v) is 5.35. The second kappa shape index (κ2) is 4.57. The summed E-state index contributed by atoms with van der Waals surface area (Å²) < 4.78 is 56.1. The van der Waals surface area contributed by atoms with E-state index in [0.29, 0.717) is 44.1 Å². The SMILES string of the molecule is CO[C@@](F)(C(=O)NC12CC3CC(CC(C3)C1)C2)C(F)(F)F. The molecule has 4 aliphatic rings. The van der Waals surface area contributed by atoms with E-state index in [4.69, 9.17) is 0 Å². The molecule has 1 N–H and O–H groups in total. The molecule has 0 heterocycles. The molecule has 1 atom stereocenters. The van der Waals surface area contributed by atoms with Crippen molar-refractivity contribution in [2.45, 2.75) is 56.1 Å². The highest BCUT2D eigenvalue weighted by Gasteiger charge is 2.65. The van der Waals surface area contributed by atoms with Crippen LogP contribution >= 0.6 is 0 Å². The van der Waals surface area contributed by atoms with Gasteiger partial charge in [0.25, 0.3) is 5.91 Å². The van der Waals surface area contributed by atoms with E-state index in [2.05, 4.69) is 10.1 Å². The highest BCUT2D eigenvalue weighted by molar-refractivity contribution is 5.85. The Hall–Kier alpha value is -0.850. The molecule has 4 aliphatic carbocycles. The first-order valence-corrected chi connectivity index (χ1v) is 7.31. The van der Waals surface area contributed by atoms with E-state index in [1.807, 2.05) is 0 Å². The van der Waals surface area contributed by atoms with Crippen LogP contribution in [0.3, 0.4) is 0 Å². The van der Waals surface area contributed by atoms with Crippen molar-refractivity contribution in [1.29, 1.82) is 0 Å². The highest BCUT2D eigenvalue weighted by atomic mass is 19.4. The average molecular weight is 309 g/mol. The van der Waals surface area contributed by atoms with Crippen LogP contribution in [0.4, 0.5) is 17.6 Å². The van der Waals surface area contributed by atoms with Gasteiger partial charge in [0, 0.05) is 12.6 Å². The summed E-state index contributed by atoms with van der Waals surface area (Å²) in [6.07, 6.45) is -0.167. The topological polar surface area (TPSA) is 38.3 Å². The number of methoxy groups -OCH3 is 1. The van der Waals surface area contributed by atoms with E-state index in [-0.39, 0.29) is 0 Å². The molecule has 0 radical (unpaired) electrons. The summed E-state index contributed by atoms with van der Waals surface area (Å²) in [5, 5.41) is 2.36. The number of halogens is 4. The van der Waals surface area contributed by atoms with Crippen LogP contribution in [-0.4, -0.2) is 30.6 Å². The van der Waals surface area contributed by atoms with Gasteiger partial charge < -0.3 is 10.1 Å². The Bertz CT molecular complexity index is 415. The zero-order valence-electron chi connectivity index (χ0n) is 11.8. The van der Waals surface area contributed by atoms with Crippen molar-refractivity contribution >= 4 is 5.91 Å². The molecule has 21 heavy (non-hydrogen) atoms.